The molecule has 1 fully saturated rings. The molecule has 3 N–H and O–H groups in total. The van der Waals surface area contributed by atoms with Crippen LogP contribution < -0.4 is 11.1 Å². The molecule has 0 saturated carbocycles. The van der Waals surface area contributed by atoms with Crippen LogP contribution in [0.3, 0.4) is 0 Å². The van der Waals surface area contributed by atoms with Gasteiger partial charge in [0.25, 0.3) is 0 Å². The van der Waals surface area contributed by atoms with Gasteiger partial charge in [-0.2, -0.15) is 0 Å². The second-order valence-corrected chi connectivity index (χ2v) is 4.88. The van der Waals surface area contributed by atoms with E-state index in [1.807, 2.05) is 30.3 Å². The number of anilines is 1. The van der Waals surface area contributed by atoms with E-state index in [4.69, 9.17) is 5.73 Å². The second-order valence-electron chi connectivity index (χ2n) is 4.88. The topological polar surface area (TPSA) is 58.4 Å². The highest BCUT2D eigenvalue weighted by Crippen LogP contribution is 2.18. The first-order valence-corrected chi connectivity index (χ1v) is 6.55. The quantitative estimate of drug-likeness (QED) is 0.824. The lowest BCUT2D eigenvalue weighted by molar-refractivity contribution is -0.117. The van der Waals surface area contributed by atoms with Crippen molar-refractivity contribution in [2.75, 3.05) is 31.5 Å². The molecule has 1 aromatic carbocycles. The van der Waals surface area contributed by atoms with E-state index >= 15 is 0 Å². The van der Waals surface area contributed by atoms with Crippen LogP contribution in [0.25, 0.3) is 0 Å². The van der Waals surface area contributed by atoms with E-state index in [-0.39, 0.29) is 5.91 Å². The fraction of sp³-hybridized carbons (Fsp3) is 0.500. The summed E-state index contributed by atoms with van der Waals surface area (Å²) < 4.78 is 0. The van der Waals surface area contributed by atoms with Gasteiger partial charge < -0.3 is 11.1 Å². The van der Waals surface area contributed by atoms with Gasteiger partial charge in [-0.05, 0) is 44.0 Å². The molecule has 0 aromatic heterocycles. The molecule has 1 heterocycles. The van der Waals surface area contributed by atoms with Crippen molar-refractivity contribution in [1.29, 1.82) is 0 Å². The number of nitrogens with two attached hydrogens (primary N) is 1. The molecular weight excluding hydrogens is 226 g/mol. The van der Waals surface area contributed by atoms with Crippen LogP contribution in [0.2, 0.25) is 0 Å². The van der Waals surface area contributed by atoms with Crippen molar-refractivity contribution in [3.8, 4) is 0 Å². The largest absolute Gasteiger partial charge is 0.330 e. The molecule has 0 bridgehead atoms. The van der Waals surface area contributed by atoms with Gasteiger partial charge in [-0.1, -0.05) is 18.2 Å². The van der Waals surface area contributed by atoms with Crippen molar-refractivity contribution in [3.05, 3.63) is 30.3 Å². The summed E-state index contributed by atoms with van der Waals surface area (Å²) in [5.41, 5.74) is 6.42. The molecule has 0 spiro atoms. The Morgan fingerprint density at radius 1 is 1.39 bits per heavy atom. The predicted molar refractivity (Wildman–Crippen MR) is 73.3 cm³/mol. The summed E-state index contributed by atoms with van der Waals surface area (Å²) in [5.74, 6) is 0.731. The fourth-order valence-electron chi connectivity index (χ4n) is 2.45. The predicted octanol–water partition coefficient (Wildman–Crippen LogP) is 1.30. The molecule has 1 atom stereocenters. The van der Waals surface area contributed by atoms with Crippen molar-refractivity contribution < 1.29 is 4.79 Å². The summed E-state index contributed by atoms with van der Waals surface area (Å²) in [6.45, 7) is 3.23. The number of nitrogens with one attached hydrogen (secondary N) is 1. The Hall–Kier alpha value is -1.39. The number of carbonyl (C=O) groups is 1. The highest BCUT2D eigenvalue weighted by atomic mass is 16.2. The minimum atomic E-state index is 0.0644. The summed E-state index contributed by atoms with van der Waals surface area (Å²) in [6.07, 6.45) is 2.23. The van der Waals surface area contributed by atoms with Gasteiger partial charge in [0.15, 0.2) is 0 Å². The van der Waals surface area contributed by atoms with Crippen LogP contribution in [0.1, 0.15) is 12.8 Å². The number of benzene rings is 1. The molecule has 1 aliphatic heterocycles. The Kier molecular flexibility index (Phi) is 4.73. The SMILES string of the molecule is NCCC1CCN(CC(=O)Nc2ccccc2)C1. The first-order chi connectivity index (χ1) is 8.78. The molecule has 1 amide bonds. The zero-order chi connectivity index (χ0) is 12.8. The molecule has 1 unspecified atom stereocenters. The maximum atomic E-state index is 11.9. The highest BCUT2D eigenvalue weighted by molar-refractivity contribution is 5.92. The zero-order valence-electron chi connectivity index (χ0n) is 10.6. The number of nitrogens with zero attached hydrogens (tertiary/aromatic N) is 1. The lowest BCUT2D eigenvalue weighted by atomic mass is 10.1. The number of hydrogen-bond acceptors (Lipinski definition) is 3. The van der Waals surface area contributed by atoms with E-state index in [0.29, 0.717) is 12.5 Å². The van der Waals surface area contributed by atoms with Crippen LogP contribution in [-0.2, 0) is 4.79 Å². The van der Waals surface area contributed by atoms with Crippen LogP contribution in [-0.4, -0.2) is 37.0 Å². The molecule has 2 rings (SSSR count). The average molecular weight is 247 g/mol. The van der Waals surface area contributed by atoms with Gasteiger partial charge in [0.05, 0.1) is 6.54 Å². The lowest BCUT2D eigenvalue weighted by Gasteiger charge is -2.15. The summed E-state index contributed by atoms with van der Waals surface area (Å²) >= 11 is 0. The van der Waals surface area contributed by atoms with Gasteiger partial charge in [-0.3, -0.25) is 9.69 Å². The van der Waals surface area contributed by atoms with Gasteiger partial charge in [0.2, 0.25) is 5.91 Å². The molecule has 0 aliphatic carbocycles. The Morgan fingerprint density at radius 3 is 2.89 bits per heavy atom. The van der Waals surface area contributed by atoms with Gasteiger partial charge in [-0.25, -0.2) is 0 Å². The Bertz CT molecular complexity index is 380. The van der Waals surface area contributed by atoms with Crippen molar-refractivity contribution >= 4 is 11.6 Å². The van der Waals surface area contributed by atoms with E-state index in [1.165, 1.54) is 0 Å². The molecule has 0 radical (unpaired) electrons. The van der Waals surface area contributed by atoms with Crippen LogP contribution >= 0.6 is 0 Å². The fourth-order valence-corrected chi connectivity index (χ4v) is 2.45. The van der Waals surface area contributed by atoms with E-state index in [2.05, 4.69) is 10.2 Å². The van der Waals surface area contributed by atoms with E-state index < -0.39 is 0 Å². The second kappa shape index (κ2) is 6.52. The summed E-state index contributed by atoms with van der Waals surface area (Å²) in [4.78, 5) is 14.1. The number of para-hydroxylation sites is 1. The van der Waals surface area contributed by atoms with E-state index in [0.717, 1.165) is 38.2 Å². The molecule has 1 aromatic rings. The smallest absolute Gasteiger partial charge is 0.238 e. The van der Waals surface area contributed by atoms with Crippen molar-refractivity contribution in [2.24, 2.45) is 11.7 Å². The summed E-state index contributed by atoms with van der Waals surface area (Å²) in [7, 11) is 0. The molecule has 4 heteroatoms. The third kappa shape index (κ3) is 3.82. The Balaban J connectivity index is 1.75. The number of hydrogen-bond donors (Lipinski definition) is 2. The van der Waals surface area contributed by atoms with Crippen LogP contribution in [0, 0.1) is 5.92 Å². The number of carbonyl (C=O) groups excluding carboxylic acids is 1. The molecule has 98 valence electrons. The van der Waals surface area contributed by atoms with Gasteiger partial charge in [0.1, 0.15) is 0 Å². The van der Waals surface area contributed by atoms with E-state index in [9.17, 15) is 4.79 Å². The first-order valence-electron chi connectivity index (χ1n) is 6.55. The Morgan fingerprint density at radius 2 is 2.17 bits per heavy atom. The number of rotatable bonds is 5. The highest BCUT2D eigenvalue weighted by Gasteiger charge is 2.23. The van der Waals surface area contributed by atoms with E-state index in [1.54, 1.807) is 0 Å². The van der Waals surface area contributed by atoms with Crippen molar-refractivity contribution in [1.82, 2.24) is 4.90 Å². The van der Waals surface area contributed by atoms with Crippen molar-refractivity contribution in [2.45, 2.75) is 12.8 Å². The molecular formula is C14H21N3O. The van der Waals surface area contributed by atoms with Crippen LogP contribution in [0.4, 0.5) is 5.69 Å². The molecule has 1 saturated heterocycles. The number of amides is 1. The maximum Gasteiger partial charge on any atom is 0.238 e. The zero-order valence-corrected chi connectivity index (χ0v) is 10.6. The number of likely N-dealkylation sites (tertiary alicyclic amines) is 1. The van der Waals surface area contributed by atoms with Crippen LogP contribution in [0.15, 0.2) is 30.3 Å². The van der Waals surface area contributed by atoms with Crippen LogP contribution in [0.5, 0.6) is 0 Å². The monoisotopic (exact) mass is 247 g/mol. The molecule has 18 heavy (non-hydrogen) atoms. The minimum Gasteiger partial charge on any atom is -0.330 e. The molecule has 4 nitrogen and oxygen atoms in total. The summed E-state index contributed by atoms with van der Waals surface area (Å²) in [5, 5.41) is 2.91. The van der Waals surface area contributed by atoms with Crippen molar-refractivity contribution in [3.63, 3.8) is 0 Å². The molecule has 1 aliphatic rings. The maximum absolute atomic E-state index is 11.9. The first kappa shape index (κ1) is 13.1. The van der Waals surface area contributed by atoms with Gasteiger partial charge in [0, 0.05) is 12.2 Å². The normalized spacial score (nSPS) is 19.9. The third-order valence-electron chi connectivity index (χ3n) is 3.37. The standard InChI is InChI=1S/C14H21N3O/c15-8-6-12-7-9-17(10-12)11-14(18)16-13-4-2-1-3-5-13/h1-5,12H,6-11,15H2,(H,16,18). The van der Waals surface area contributed by atoms with Gasteiger partial charge in [-0.15, -0.1) is 0 Å². The summed E-state index contributed by atoms with van der Waals surface area (Å²) in [6, 6.07) is 9.58. The minimum absolute atomic E-state index is 0.0644. The lowest BCUT2D eigenvalue weighted by Crippen LogP contribution is -2.31. The third-order valence-corrected chi connectivity index (χ3v) is 3.37. The van der Waals surface area contributed by atoms with Gasteiger partial charge >= 0.3 is 0 Å². The average Bonchev–Trinajstić information content (AvgIpc) is 2.78. The Labute approximate surface area is 108 Å².